The van der Waals surface area contributed by atoms with Crippen molar-refractivity contribution in [1.82, 2.24) is 5.32 Å². The van der Waals surface area contributed by atoms with Crippen LogP contribution >= 0.6 is 0 Å². The first-order chi connectivity index (χ1) is 8.67. The van der Waals surface area contributed by atoms with E-state index in [-0.39, 0.29) is 18.9 Å². The molecule has 0 spiro atoms. The fourth-order valence-electron chi connectivity index (χ4n) is 1.43. The lowest BCUT2D eigenvalue weighted by atomic mass is 10.1. The molecule has 0 unspecified atom stereocenters. The summed E-state index contributed by atoms with van der Waals surface area (Å²) >= 11 is 0. The van der Waals surface area contributed by atoms with Gasteiger partial charge in [-0.05, 0) is 19.9 Å². The van der Waals surface area contributed by atoms with Crippen LogP contribution < -0.4 is 10.1 Å². The largest absolute Gasteiger partial charge is 0.497 e. The van der Waals surface area contributed by atoms with E-state index in [2.05, 4.69) is 5.32 Å². The third-order valence-corrected chi connectivity index (χ3v) is 5.28. The van der Waals surface area contributed by atoms with Crippen molar-refractivity contribution < 1.29 is 17.5 Å². The summed E-state index contributed by atoms with van der Waals surface area (Å²) < 4.78 is 40.7. The molecular formula is C13H20FNO3S. The first-order valence-electron chi connectivity index (χ1n) is 5.90. The van der Waals surface area contributed by atoms with E-state index < -0.39 is 14.6 Å². The lowest BCUT2D eigenvalue weighted by molar-refractivity contribution is 0.410. The van der Waals surface area contributed by atoms with Gasteiger partial charge in [0.2, 0.25) is 0 Å². The Morgan fingerprint density at radius 1 is 1.37 bits per heavy atom. The lowest BCUT2D eigenvalue weighted by Gasteiger charge is -2.23. The maximum atomic E-state index is 13.7. The molecule has 0 radical (unpaired) electrons. The molecule has 0 fully saturated rings. The third-order valence-electron chi connectivity index (χ3n) is 3.13. The Morgan fingerprint density at radius 2 is 2.00 bits per heavy atom. The highest BCUT2D eigenvalue weighted by atomic mass is 32.2. The number of nitrogens with one attached hydrogen (secondary N) is 1. The Hall–Kier alpha value is -1.14. The molecule has 0 aliphatic rings. The highest BCUT2D eigenvalue weighted by molar-refractivity contribution is 7.92. The zero-order valence-electron chi connectivity index (χ0n) is 11.7. The summed E-state index contributed by atoms with van der Waals surface area (Å²) in [7, 11) is -1.68. The molecule has 0 aliphatic carbocycles. The number of benzene rings is 1. The van der Waals surface area contributed by atoms with Gasteiger partial charge in [-0.1, -0.05) is 6.07 Å². The Labute approximate surface area is 113 Å². The van der Waals surface area contributed by atoms with Crippen molar-refractivity contribution in [2.24, 2.45) is 0 Å². The summed E-state index contributed by atoms with van der Waals surface area (Å²) in [5, 5.41) is 2.97. The summed E-state index contributed by atoms with van der Waals surface area (Å²) in [5.41, 5.74) is 0.477. The highest BCUT2D eigenvalue weighted by Gasteiger charge is 2.29. The number of sulfone groups is 1. The van der Waals surface area contributed by atoms with Gasteiger partial charge in [0.05, 0.1) is 11.9 Å². The van der Waals surface area contributed by atoms with Crippen molar-refractivity contribution in [1.29, 1.82) is 0 Å². The van der Waals surface area contributed by atoms with Crippen LogP contribution in [0, 0.1) is 5.82 Å². The molecule has 0 amide bonds. The summed E-state index contributed by atoms with van der Waals surface area (Å²) in [6.45, 7) is 3.81. The first kappa shape index (κ1) is 15.9. The minimum atomic E-state index is -3.15. The highest BCUT2D eigenvalue weighted by Crippen LogP contribution is 2.17. The fourth-order valence-corrected chi connectivity index (χ4v) is 1.79. The van der Waals surface area contributed by atoms with Gasteiger partial charge < -0.3 is 10.1 Å². The van der Waals surface area contributed by atoms with Crippen LogP contribution in [0.2, 0.25) is 0 Å². The van der Waals surface area contributed by atoms with Gasteiger partial charge in [-0.25, -0.2) is 12.8 Å². The molecule has 0 saturated heterocycles. The smallest absolute Gasteiger partial charge is 0.153 e. The monoisotopic (exact) mass is 289 g/mol. The minimum Gasteiger partial charge on any atom is -0.497 e. The number of halogens is 1. The second-order valence-electron chi connectivity index (χ2n) is 5.09. The number of hydrogen-bond acceptors (Lipinski definition) is 4. The third kappa shape index (κ3) is 4.18. The SMILES string of the molecule is COc1ccc(CNCC(C)(C)S(C)(=O)=O)c(F)c1. The van der Waals surface area contributed by atoms with Crippen LogP contribution in [0.15, 0.2) is 18.2 Å². The van der Waals surface area contributed by atoms with Gasteiger partial charge in [-0.3, -0.25) is 0 Å². The number of rotatable bonds is 6. The van der Waals surface area contributed by atoms with Crippen molar-refractivity contribution in [2.75, 3.05) is 19.9 Å². The van der Waals surface area contributed by atoms with Crippen LogP contribution in [0.5, 0.6) is 5.75 Å². The van der Waals surface area contributed by atoms with Gasteiger partial charge in [-0.15, -0.1) is 0 Å². The van der Waals surface area contributed by atoms with Gasteiger partial charge in [0.1, 0.15) is 11.6 Å². The maximum absolute atomic E-state index is 13.7. The van der Waals surface area contributed by atoms with E-state index in [1.165, 1.54) is 19.4 Å². The van der Waals surface area contributed by atoms with Crippen molar-refractivity contribution in [2.45, 2.75) is 25.1 Å². The molecule has 0 saturated carbocycles. The van der Waals surface area contributed by atoms with Gasteiger partial charge >= 0.3 is 0 Å². The standard InChI is InChI=1S/C13H20FNO3S/c1-13(2,19(4,16)17)9-15-8-10-5-6-11(18-3)7-12(10)14/h5-7,15H,8-9H2,1-4H3. The van der Waals surface area contributed by atoms with Gasteiger partial charge in [0.25, 0.3) is 0 Å². The molecule has 108 valence electrons. The average molecular weight is 289 g/mol. The molecule has 0 heterocycles. The van der Waals surface area contributed by atoms with Crippen LogP contribution in [0.3, 0.4) is 0 Å². The zero-order chi connectivity index (χ0) is 14.7. The van der Waals surface area contributed by atoms with Gasteiger partial charge in [0.15, 0.2) is 9.84 Å². The van der Waals surface area contributed by atoms with Crippen molar-refractivity contribution in [3.05, 3.63) is 29.6 Å². The van der Waals surface area contributed by atoms with E-state index in [1.807, 2.05) is 0 Å². The van der Waals surface area contributed by atoms with Gasteiger partial charge in [-0.2, -0.15) is 0 Å². The Kier molecular flexibility index (Phi) is 4.92. The average Bonchev–Trinajstić information content (AvgIpc) is 2.29. The molecule has 0 aromatic heterocycles. The van der Waals surface area contributed by atoms with Gasteiger partial charge in [0, 0.05) is 31.0 Å². The van der Waals surface area contributed by atoms with E-state index in [9.17, 15) is 12.8 Å². The normalized spacial score (nSPS) is 12.5. The molecule has 19 heavy (non-hydrogen) atoms. The quantitative estimate of drug-likeness (QED) is 0.867. The van der Waals surface area contributed by atoms with E-state index in [0.29, 0.717) is 11.3 Å². The molecule has 1 aromatic carbocycles. The Bertz CT molecular complexity index is 541. The molecule has 0 bridgehead atoms. The summed E-state index contributed by atoms with van der Waals surface area (Å²) in [6, 6.07) is 4.59. The van der Waals surface area contributed by atoms with Crippen LogP contribution in [0.25, 0.3) is 0 Å². The second kappa shape index (κ2) is 5.88. The van der Waals surface area contributed by atoms with Crippen LogP contribution in [0.1, 0.15) is 19.4 Å². The van der Waals surface area contributed by atoms with Crippen molar-refractivity contribution in [3.63, 3.8) is 0 Å². The number of methoxy groups -OCH3 is 1. The van der Waals surface area contributed by atoms with E-state index in [1.54, 1.807) is 26.0 Å². The molecule has 6 heteroatoms. The molecule has 0 aliphatic heterocycles. The van der Waals surface area contributed by atoms with Crippen molar-refractivity contribution in [3.8, 4) is 5.75 Å². The summed E-state index contributed by atoms with van der Waals surface area (Å²) in [4.78, 5) is 0. The predicted octanol–water partition coefficient (Wildman–Crippen LogP) is 1.75. The molecular weight excluding hydrogens is 269 g/mol. The Morgan fingerprint density at radius 3 is 2.47 bits per heavy atom. The molecule has 4 nitrogen and oxygen atoms in total. The van der Waals surface area contributed by atoms with Crippen LogP contribution in [0.4, 0.5) is 4.39 Å². The Balaban J connectivity index is 2.64. The maximum Gasteiger partial charge on any atom is 0.153 e. The summed E-state index contributed by atoms with van der Waals surface area (Å²) in [5.74, 6) is 0.0849. The first-order valence-corrected chi connectivity index (χ1v) is 7.79. The van der Waals surface area contributed by atoms with E-state index in [0.717, 1.165) is 0 Å². The number of hydrogen-bond donors (Lipinski definition) is 1. The molecule has 0 atom stereocenters. The molecule has 1 N–H and O–H groups in total. The van der Waals surface area contributed by atoms with Crippen LogP contribution in [-0.2, 0) is 16.4 Å². The zero-order valence-corrected chi connectivity index (χ0v) is 12.5. The lowest BCUT2D eigenvalue weighted by Crippen LogP contribution is -2.41. The van der Waals surface area contributed by atoms with E-state index >= 15 is 0 Å². The van der Waals surface area contributed by atoms with Crippen molar-refractivity contribution >= 4 is 9.84 Å². The van der Waals surface area contributed by atoms with Crippen LogP contribution in [-0.4, -0.2) is 33.1 Å². The topological polar surface area (TPSA) is 55.4 Å². The number of ether oxygens (including phenoxy) is 1. The predicted molar refractivity (Wildman–Crippen MR) is 73.6 cm³/mol. The second-order valence-corrected chi connectivity index (χ2v) is 7.74. The van der Waals surface area contributed by atoms with E-state index in [4.69, 9.17) is 4.74 Å². The minimum absolute atomic E-state index is 0.261. The molecule has 1 rings (SSSR count). The summed E-state index contributed by atoms with van der Waals surface area (Å²) in [6.07, 6.45) is 1.20. The fraction of sp³-hybridized carbons (Fsp3) is 0.538. The molecule has 1 aromatic rings.